The van der Waals surface area contributed by atoms with Crippen molar-refractivity contribution in [2.24, 2.45) is 3.77 Å². The monoisotopic (exact) mass is 325 g/mol. The standard InChI is InChI=1S/C12H17F2NO3S2/c1-8-6-10(14)11(7-9(8)13)20(17,18)15-19(5,16)12(2,3)4/h6-7H,1-5H3. The van der Waals surface area contributed by atoms with E-state index >= 15 is 0 Å². The van der Waals surface area contributed by atoms with Crippen LogP contribution in [0.1, 0.15) is 26.3 Å². The van der Waals surface area contributed by atoms with Crippen LogP contribution >= 0.6 is 0 Å². The second-order valence-corrected chi connectivity index (χ2v) is 10.3. The van der Waals surface area contributed by atoms with Gasteiger partial charge in [-0.15, -0.1) is 3.77 Å². The molecule has 0 aliphatic rings. The van der Waals surface area contributed by atoms with Crippen molar-refractivity contribution in [3.63, 3.8) is 0 Å². The zero-order valence-electron chi connectivity index (χ0n) is 11.9. The van der Waals surface area contributed by atoms with Crippen molar-refractivity contribution in [2.75, 3.05) is 6.26 Å². The van der Waals surface area contributed by atoms with E-state index < -0.39 is 41.0 Å². The molecule has 0 fully saturated rings. The number of halogens is 2. The van der Waals surface area contributed by atoms with Crippen LogP contribution in [-0.2, 0) is 19.8 Å². The first kappa shape index (κ1) is 17.0. The second kappa shape index (κ2) is 5.07. The van der Waals surface area contributed by atoms with Gasteiger partial charge in [0.1, 0.15) is 16.5 Å². The van der Waals surface area contributed by atoms with Crippen molar-refractivity contribution in [3.05, 3.63) is 29.3 Å². The summed E-state index contributed by atoms with van der Waals surface area (Å²) in [7, 11) is -7.68. The minimum absolute atomic E-state index is 0.0190. The van der Waals surface area contributed by atoms with Gasteiger partial charge in [0.05, 0.1) is 9.73 Å². The molecule has 0 amide bonds. The molecule has 0 heterocycles. The summed E-state index contributed by atoms with van der Waals surface area (Å²) in [6, 6.07) is 1.33. The number of benzene rings is 1. The fourth-order valence-corrected chi connectivity index (χ4v) is 4.44. The summed E-state index contributed by atoms with van der Waals surface area (Å²) in [6.45, 7) is 5.98. The Hall–Kier alpha value is -1.02. The van der Waals surface area contributed by atoms with E-state index in [0.29, 0.717) is 6.07 Å². The van der Waals surface area contributed by atoms with Crippen molar-refractivity contribution in [3.8, 4) is 0 Å². The number of hydrogen-bond donors (Lipinski definition) is 0. The third-order valence-corrected chi connectivity index (χ3v) is 7.93. The highest BCUT2D eigenvalue weighted by Crippen LogP contribution is 2.25. The lowest BCUT2D eigenvalue weighted by Gasteiger charge is -2.20. The van der Waals surface area contributed by atoms with Gasteiger partial charge in [-0.2, -0.15) is 8.42 Å². The van der Waals surface area contributed by atoms with Crippen molar-refractivity contribution < 1.29 is 21.4 Å². The van der Waals surface area contributed by atoms with Crippen LogP contribution in [0.15, 0.2) is 20.8 Å². The van der Waals surface area contributed by atoms with Gasteiger partial charge in [0.15, 0.2) is 0 Å². The predicted octanol–water partition coefficient (Wildman–Crippen LogP) is 2.86. The topological polar surface area (TPSA) is 63.6 Å². The third-order valence-electron chi connectivity index (χ3n) is 2.87. The summed E-state index contributed by atoms with van der Waals surface area (Å²) in [5.41, 5.74) is -0.0190. The van der Waals surface area contributed by atoms with Gasteiger partial charge in [-0.3, -0.25) is 0 Å². The van der Waals surface area contributed by atoms with Crippen LogP contribution in [-0.4, -0.2) is 23.6 Å². The van der Waals surface area contributed by atoms with E-state index in [1.807, 2.05) is 0 Å². The normalized spacial score (nSPS) is 15.8. The molecule has 0 aromatic heterocycles. The average molecular weight is 325 g/mol. The zero-order valence-corrected chi connectivity index (χ0v) is 13.5. The van der Waals surface area contributed by atoms with Gasteiger partial charge < -0.3 is 0 Å². The quantitative estimate of drug-likeness (QED) is 0.840. The van der Waals surface area contributed by atoms with Crippen molar-refractivity contribution in [2.45, 2.75) is 37.3 Å². The lowest BCUT2D eigenvalue weighted by Crippen LogP contribution is -2.27. The minimum Gasteiger partial charge on any atom is -0.248 e. The van der Waals surface area contributed by atoms with E-state index in [0.717, 1.165) is 6.07 Å². The highest BCUT2D eigenvalue weighted by atomic mass is 32.3. The summed E-state index contributed by atoms with van der Waals surface area (Å²) in [4.78, 5) is -0.903. The zero-order chi connectivity index (χ0) is 15.9. The summed E-state index contributed by atoms with van der Waals surface area (Å²) in [5.74, 6) is -1.98. The lowest BCUT2D eigenvalue weighted by atomic mass is 10.2. The molecule has 1 aromatic carbocycles. The molecule has 0 saturated carbocycles. The maximum atomic E-state index is 13.7. The van der Waals surface area contributed by atoms with Gasteiger partial charge in [0, 0.05) is 11.0 Å². The molecule has 0 aliphatic heterocycles. The van der Waals surface area contributed by atoms with E-state index in [1.54, 1.807) is 20.8 Å². The van der Waals surface area contributed by atoms with Crippen LogP contribution in [0, 0.1) is 18.6 Å². The van der Waals surface area contributed by atoms with E-state index in [1.165, 1.54) is 13.2 Å². The molecule has 0 bridgehead atoms. The fourth-order valence-electron chi connectivity index (χ4n) is 1.16. The minimum atomic E-state index is -4.54. The van der Waals surface area contributed by atoms with E-state index in [2.05, 4.69) is 3.77 Å². The first-order chi connectivity index (χ1) is 8.78. The molecular formula is C12H17F2NO3S2. The molecule has 0 saturated heterocycles. The Morgan fingerprint density at radius 3 is 2.00 bits per heavy atom. The Kier molecular flexibility index (Phi) is 4.32. The number of hydrogen-bond acceptors (Lipinski definition) is 3. The fraction of sp³-hybridized carbons (Fsp3) is 0.500. The number of sulfonamides is 1. The second-order valence-electron chi connectivity index (χ2n) is 5.50. The van der Waals surface area contributed by atoms with E-state index in [9.17, 15) is 21.4 Å². The molecule has 8 heteroatoms. The van der Waals surface area contributed by atoms with Crippen LogP contribution in [0.5, 0.6) is 0 Å². The molecule has 0 radical (unpaired) electrons. The van der Waals surface area contributed by atoms with Gasteiger partial charge >= 0.3 is 0 Å². The Bertz CT molecular complexity index is 756. The molecule has 114 valence electrons. The first-order valence-electron chi connectivity index (χ1n) is 5.71. The smallest absolute Gasteiger partial charge is 0.248 e. The molecule has 4 nitrogen and oxygen atoms in total. The molecular weight excluding hydrogens is 308 g/mol. The maximum Gasteiger partial charge on any atom is 0.293 e. The van der Waals surface area contributed by atoms with Gasteiger partial charge in [0.2, 0.25) is 0 Å². The van der Waals surface area contributed by atoms with Gasteiger partial charge in [0.25, 0.3) is 10.0 Å². The molecule has 20 heavy (non-hydrogen) atoms. The molecule has 0 aliphatic carbocycles. The van der Waals surface area contributed by atoms with Crippen LogP contribution < -0.4 is 0 Å². The Balaban J connectivity index is 3.60. The Labute approximate surface area is 118 Å². The number of rotatable bonds is 2. The van der Waals surface area contributed by atoms with Crippen molar-refractivity contribution in [1.82, 2.24) is 0 Å². The molecule has 1 atom stereocenters. The molecule has 1 unspecified atom stereocenters. The van der Waals surface area contributed by atoms with Gasteiger partial charge in [-0.1, -0.05) is 0 Å². The van der Waals surface area contributed by atoms with Gasteiger partial charge in [-0.05, 0) is 45.4 Å². The molecule has 0 spiro atoms. The molecule has 1 aromatic rings. The lowest BCUT2D eigenvalue weighted by molar-refractivity contribution is 0.550. The maximum absolute atomic E-state index is 13.7. The van der Waals surface area contributed by atoms with Crippen LogP contribution in [0.25, 0.3) is 0 Å². The molecule has 1 rings (SSSR count). The summed E-state index contributed by atoms with van der Waals surface area (Å²) in [5, 5.41) is 0. The van der Waals surface area contributed by atoms with Crippen molar-refractivity contribution in [1.29, 1.82) is 0 Å². The Morgan fingerprint density at radius 1 is 1.05 bits per heavy atom. The number of aryl methyl sites for hydroxylation is 1. The van der Waals surface area contributed by atoms with Crippen LogP contribution in [0.2, 0.25) is 0 Å². The predicted molar refractivity (Wildman–Crippen MR) is 74.5 cm³/mol. The SMILES string of the molecule is Cc1cc(F)c(S(=O)(=O)N=S(C)(=O)C(C)(C)C)cc1F. The largest absolute Gasteiger partial charge is 0.293 e. The van der Waals surface area contributed by atoms with Crippen molar-refractivity contribution >= 4 is 19.8 Å². The number of nitrogens with zero attached hydrogens (tertiary/aromatic N) is 1. The van der Waals surface area contributed by atoms with E-state index in [-0.39, 0.29) is 5.56 Å². The summed E-state index contributed by atoms with van der Waals surface area (Å²) < 4.78 is 65.9. The van der Waals surface area contributed by atoms with E-state index in [4.69, 9.17) is 0 Å². The summed E-state index contributed by atoms with van der Waals surface area (Å²) in [6.07, 6.45) is 1.17. The first-order valence-corrected chi connectivity index (χ1v) is 9.08. The highest BCUT2D eigenvalue weighted by molar-refractivity contribution is 8.03. The summed E-state index contributed by atoms with van der Waals surface area (Å²) >= 11 is 0. The third kappa shape index (κ3) is 3.35. The Morgan fingerprint density at radius 2 is 1.55 bits per heavy atom. The molecule has 0 N–H and O–H groups in total. The van der Waals surface area contributed by atoms with Gasteiger partial charge in [-0.25, -0.2) is 13.0 Å². The van der Waals surface area contributed by atoms with Crippen LogP contribution in [0.3, 0.4) is 0 Å². The van der Waals surface area contributed by atoms with Crippen LogP contribution in [0.4, 0.5) is 8.78 Å². The highest BCUT2D eigenvalue weighted by Gasteiger charge is 2.28. The average Bonchev–Trinajstić information content (AvgIpc) is 2.19.